The van der Waals surface area contributed by atoms with E-state index >= 15 is 0 Å². The normalized spacial score (nSPS) is 13.9. The molecule has 2 heteroatoms. The highest BCUT2D eigenvalue weighted by molar-refractivity contribution is 9.10. The number of aromatic nitrogens is 1. The summed E-state index contributed by atoms with van der Waals surface area (Å²) in [6.45, 7) is 0. The van der Waals surface area contributed by atoms with Crippen molar-refractivity contribution in [3.05, 3.63) is 119 Å². The summed E-state index contributed by atoms with van der Waals surface area (Å²) < 4.78 is 3.57. The number of allylic oxidation sites excluding steroid dienone is 4. The Hall–Kier alpha value is -3.36. The van der Waals surface area contributed by atoms with Crippen molar-refractivity contribution in [3.63, 3.8) is 0 Å². The van der Waals surface area contributed by atoms with Crippen LogP contribution in [-0.2, 0) is 0 Å². The van der Waals surface area contributed by atoms with Gasteiger partial charge in [0.05, 0.1) is 11.0 Å². The molecule has 6 rings (SSSR count). The van der Waals surface area contributed by atoms with Crippen molar-refractivity contribution in [2.75, 3.05) is 0 Å². The van der Waals surface area contributed by atoms with Crippen LogP contribution in [0.1, 0.15) is 18.4 Å². The molecule has 0 bridgehead atoms. The third-order valence-electron chi connectivity index (χ3n) is 6.43. The van der Waals surface area contributed by atoms with Crippen LogP contribution in [0.15, 0.2) is 114 Å². The Labute approximate surface area is 196 Å². The van der Waals surface area contributed by atoms with Crippen LogP contribution in [0.2, 0.25) is 0 Å². The van der Waals surface area contributed by atoms with E-state index in [1.165, 1.54) is 49.8 Å². The van der Waals surface area contributed by atoms with E-state index in [-0.39, 0.29) is 0 Å². The zero-order chi connectivity index (χ0) is 21.5. The number of benzene rings is 4. The summed E-state index contributed by atoms with van der Waals surface area (Å²) in [5, 5.41) is 2.64. The summed E-state index contributed by atoms with van der Waals surface area (Å²) in [6.07, 6.45) is 6.67. The first-order valence-corrected chi connectivity index (χ1v) is 11.8. The maximum Gasteiger partial charge on any atom is 0.0537 e. The van der Waals surface area contributed by atoms with Gasteiger partial charge in [-0.2, -0.15) is 0 Å². The smallest absolute Gasteiger partial charge is 0.0537 e. The lowest BCUT2D eigenvalue weighted by Gasteiger charge is -2.20. The first-order valence-electron chi connectivity index (χ1n) is 11.0. The minimum absolute atomic E-state index is 1.01. The van der Waals surface area contributed by atoms with Gasteiger partial charge in [-0.3, -0.25) is 0 Å². The molecule has 0 N–H and O–H groups in total. The monoisotopic (exact) mass is 475 g/mol. The van der Waals surface area contributed by atoms with Crippen molar-refractivity contribution < 1.29 is 0 Å². The third-order valence-corrected chi connectivity index (χ3v) is 7.12. The van der Waals surface area contributed by atoms with E-state index < -0.39 is 0 Å². The van der Waals surface area contributed by atoms with Crippen LogP contribution < -0.4 is 0 Å². The lowest BCUT2D eigenvalue weighted by Crippen LogP contribution is -2.02. The summed E-state index contributed by atoms with van der Waals surface area (Å²) in [7, 11) is 0. The Morgan fingerprint density at radius 3 is 1.72 bits per heavy atom. The van der Waals surface area contributed by atoms with Crippen LogP contribution in [0.4, 0.5) is 0 Å². The zero-order valence-electron chi connectivity index (χ0n) is 17.6. The number of hydrogen-bond donors (Lipinski definition) is 0. The minimum atomic E-state index is 1.01. The summed E-state index contributed by atoms with van der Waals surface area (Å²) in [6, 6.07) is 34.7. The molecule has 1 heterocycles. The number of hydrogen-bond acceptors (Lipinski definition) is 0. The number of halogens is 1. The molecule has 0 fully saturated rings. The highest BCUT2D eigenvalue weighted by Gasteiger charge is 2.17. The predicted octanol–water partition coefficient (Wildman–Crippen LogP) is 8.94. The van der Waals surface area contributed by atoms with Gasteiger partial charge in [0, 0.05) is 20.9 Å². The van der Waals surface area contributed by atoms with E-state index in [1.807, 2.05) is 0 Å². The van der Waals surface area contributed by atoms with Crippen LogP contribution >= 0.6 is 15.9 Å². The van der Waals surface area contributed by atoms with Gasteiger partial charge in [-0.25, -0.2) is 0 Å². The molecule has 1 aliphatic rings. The highest BCUT2D eigenvalue weighted by Crippen LogP contribution is 2.39. The Morgan fingerprint density at radius 2 is 1.09 bits per heavy atom. The lowest BCUT2D eigenvalue weighted by molar-refractivity contribution is 0.992. The molecule has 1 aromatic heterocycles. The van der Waals surface area contributed by atoms with Gasteiger partial charge in [0.25, 0.3) is 0 Å². The number of nitrogens with zero attached hydrogens (tertiary/aromatic N) is 1. The fourth-order valence-corrected chi connectivity index (χ4v) is 5.44. The molecular formula is C30H22BrN. The van der Waals surface area contributed by atoms with Gasteiger partial charge in [0.15, 0.2) is 0 Å². The van der Waals surface area contributed by atoms with E-state index in [1.54, 1.807) is 0 Å². The van der Waals surface area contributed by atoms with Crippen LogP contribution in [0, 0.1) is 0 Å². The van der Waals surface area contributed by atoms with E-state index in [0.29, 0.717) is 0 Å². The van der Waals surface area contributed by atoms with Crippen molar-refractivity contribution in [1.29, 1.82) is 0 Å². The van der Waals surface area contributed by atoms with E-state index in [0.717, 1.165) is 17.3 Å². The molecule has 4 aromatic carbocycles. The van der Waals surface area contributed by atoms with Gasteiger partial charge in [-0.05, 0) is 59.4 Å². The van der Waals surface area contributed by atoms with Gasteiger partial charge in [0.1, 0.15) is 0 Å². The first kappa shape index (κ1) is 19.3. The highest BCUT2D eigenvalue weighted by atomic mass is 79.9. The fraction of sp³-hybridized carbons (Fsp3) is 0.0667. The lowest BCUT2D eigenvalue weighted by atomic mass is 9.89. The molecule has 154 valence electrons. The molecule has 0 saturated heterocycles. The maximum atomic E-state index is 3.74. The number of fused-ring (bicyclic) bond motifs is 3. The van der Waals surface area contributed by atoms with Gasteiger partial charge < -0.3 is 4.57 Å². The third kappa shape index (κ3) is 3.14. The van der Waals surface area contributed by atoms with E-state index in [9.17, 15) is 0 Å². The Kier molecular flexibility index (Phi) is 4.81. The summed E-state index contributed by atoms with van der Waals surface area (Å²) >= 11 is 3.74. The molecule has 0 spiro atoms. The average Bonchev–Trinajstić information content (AvgIpc) is 3.19. The molecule has 0 aliphatic heterocycles. The molecule has 1 nitrogen and oxygen atoms in total. The average molecular weight is 476 g/mol. The largest absolute Gasteiger partial charge is 0.313 e. The Balaban J connectivity index is 1.48. The van der Waals surface area contributed by atoms with Crippen LogP contribution in [-0.4, -0.2) is 4.57 Å². The second-order valence-electron chi connectivity index (χ2n) is 8.25. The quantitative estimate of drug-likeness (QED) is 0.245. The molecule has 0 amide bonds. The summed E-state index contributed by atoms with van der Waals surface area (Å²) in [5.41, 5.74) is 9.14. The van der Waals surface area contributed by atoms with Crippen LogP contribution in [0.3, 0.4) is 0 Å². The van der Waals surface area contributed by atoms with Crippen LogP contribution in [0.5, 0.6) is 0 Å². The van der Waals surface area contributed by atoms with Gasteiger partial charge in [-0.1, -0.05) is 101 Å². The maximum absolute atomic E-state index is 3.74. The number of para-hydroxylation sites is 2. The van der Waals surface area contributed by atoms with Crippen molar-refractivity contribution >= 4 is 49.0 Å². The standard InChI is InChI=1S/C30H22BrN/c31-28-14-6-3-11-25(28)24-10-2-1-9-23(24)21-17-19-22(20-18-21)32-29-15-7-4-12-26(29)27-13-5-8-16-30(27)32/h1-17,19H,18,20H2. The SMILES string of the molecule is Brc1ccccc1-c1ccccc1C1=CC=C(n2c3ccccc3c3ccccc32)CC1. The second-order valence-corrected chi connectivity index (χ2v) is 9.10. The van der Waals surface area contributed by atoms with Gasteiger partial charge in [0.2, 0.25) is 0 Å². The topological polar surface area (TPSA) is 4.93 Å². The predicted molar refractivity (Wildman–Crippen MR) is 141 cm³/mol. The number of rotatable bonds is 3. The Bertz CT molecular complexity index is 1480. The fourth-order valence-electron chi connectivity index (χ4n) is 4.95. The van der Waals surface area contributed by atoms with Gasteiger partial charge >= 0.3 is 0 Å². The molecular weight excluding hydrogens is 454 g/mol. The molecule has 0 radical (unpaired) electrons. The van der Waals surface area contributed by atoms with Crippen molar-refractivity contribution in [1.82, 2.24) is 4.57 Å². The molecule has 0 unspecified atom stereocenters. The van der Waals surface area contributed by atoms with E-state index in [4.69, 9.17) is 0 Å². The summed E-state index contributed by atoms with van der Waals surface area (Å²) in [4.78, 5) is 0. The van der Waals surface area contributed by atoms with Crippen molar-refractivity contribution in [2.24, 2.45) is 0 Å². The molecule has 0 saturated carbocycles. The molecule has 32 heavy (non-hydrogen) atoms. The van der Waals surface area contributed by atoms with Gasteiger partial charge in [-0.15, -0.1) is 0 Å². The van der Waals surface area contributed by atoms with Crippen LogP contribution in [0.25, 0.3) is 44.2 Å². The summed E-state index contributed by atoms with van der Waals surface area (Å²) in [5.74, 6) is 0. The van der Waals surface area contributed by atoms with Crippen molar-refractivity contribution in [2.45, 2.75) is 12.8 Å². The second kappa shape index (κ2) is 7.96. The van der Waals surface area contributed by atoms with Crippen molar-refractivity contribution in [3.8, 4) is 11.1 Å². The minimum Gasteiger partial charge on any atom is -0.313 e. The molecule has 0 atom stereocenters. The molecule has 5 aromatic rings. The molecule has 1 aliphatic carbocycles. The van der Waals surface area contributed by atoms with E-state index in [2.05, 4.69) is 130 Å². The Morgan fingerprint density at radius 1 is 0.531 bits per heavy atom. The zero-order valence-corrected chi connectivity index (χ0v) is 19.2. The first-order chi connectivity index (χ1) is 15.8.